The summed E-state index contributed by atoms with van der Waals surface area (Å²) >= 11 is 0. The lowest BCUT2D eigenvalue weighted by atomic mass is 10.1. The molecule has 1 aliphatic rings. The highest BCUT2D eigenvalue weighted by Crippen LogP contribution is 2.31. The average Bonchev–Trinajstić information content (AvgIpc) is 3.33. The number of ether oxygens (including phenoxy) is 2. The van der Waals surface area contributed by atoms with E-state index in [2.05, 4.69) is 26.8 Å². The molecule has 2 heterocycles. The number of nitrogens with zero attached hydrogens (tertiary/aromatic N) is 5. The molecule has 0 bridgehead atoms. The van der Waals surface area contributed by atoms with Gasteiger partial charge in [0.15, 0.2) is 11.6 Å². The molecule has 1 aromatic heterocycles. The van der Waals surface area contributed by atoms with Gasteiger partial charge in [0.1, 0.15) is 6.10 Å². The minimum atomic E-state index is -0.473. The SMILES string of the molecule is CCN1CCCC1CN(c1ccc(OC)c(F)c1)c1nc(N)nc(OC(CN)c2ccccc2)n1. The van der Waals surface area contributed by atoms with Crippen LogP contribution in [-0.2, 0) is 0 Å². The Morgan fingerprint density at radius 1 is 1.17 bits per heavy atom. The maximum Gasteiger partial charge on any atom is 0.323 e. The van der Waals surface area contributed by atoms with Gasteiger partial charge in [0.25, 0.3) is 0 Å². The predicted molar refractivity (Wildman–Crippen MR) is 133 cm³/mol. The summed E-state index contributed by atoms with van der Waals surface area (Å²) in [5, 5.41) is 0. The van der Waals surface area contributed by atoms with Crippen LogP contribution in [0.3, 0.4) is 0 Å². The molecule has 0 saturated carbocycles. The summed E-state index contributed by atoms with van der Waals surface area (Å²) in [7, 11) is 1.43. The van der Waals surface area contributed by atoms with Gasteiger partial charge in [0.05, 0.1) is 7.11 Å². The summed E-state index contributed by atoms with van der Waals surface area (Å²) in [4.78, 5) is 17.4. The normalized spacial score (nSPS) is 16.7. The first-order chi connectivity index (χ1) is 17.0. The van der Waals surface area contributed by atoms with Crippen LogP contribution in [0.15, 0.2) is 48.5 Å². The molecule has 35 heavy (non-hydrogen) atoms. The first-order valence-electron chi connectivity index (χ1n) is 11.8. The zero-order valence-corrected chi connectivity index (χ0v) is 20.1. The molecule has 3 aromatic rings. The summed E-state index contributed by atoms with van der Waals surface area (Å²) in [5.41, 5.74) is 13.5. The quantitative estimate of drug-likeness (QED) is 0.450. The number of halogens is 1. The molecule has 1 fully saturated rings. The summed E-state index contributed by atoms with van der Waals surface area (Å²) in [6.07, 6.45) is 1.67. The Labute approximate surface area is 204 Å². The van der Waals surface area contributed by atoms with E-state index >= 15 is 0 Å². The number of anilines is 3. The average molecular weight is 482 g/mol. The molecule has 2 aromatic carbocycles. The standard InChI is InChI=1S/C25H32FN7O2/c1-3-32-13-7-10-19(32)16-33(18-11-12-21(34-2)20(26)14-18)24-29-23(28)30-25(31-24)35-22(15-27)17-8-5-4-6-9-17/h4-6,8-9,11-12,14,19,22H,3,7,10,13,15-16,27H2,1-2H3,(H2,28,29,30,31). The molecule has 1 saturated heterocycles. The van der Waals surface area contributed by atoms with Crippen LogP contribution < -0.4 is 25.8 Å². The Kier molecular flexibility index (Phi) is 7.94. The minimum Gasteiger partial charge on any atom is -0.494 e. The van der Waals surface area contributed by atoms with Crippen LogP contribution in [-0.4, -0.2) is 59.2 Å². The highest BCUT2D eigenvalue weighted by Gasteiger charge is 2.28. The van der Waals surface area contributed by atoms with Crippen molar-refractivity contribution in [2.75, 3.05) is 43.9 Å². The van der Waals surface area contributed by atoms with E-state index in [4.69, 9.17) is 20.9 Å². The molecule has 1 aliphatic heterocycles. The number of hydrogen-bond donors (Lipinski definition) is 2. The van der Waals surface area contributed by atoms with Crippen molar-refractivity contribution in [3.8, 4) is 11.8 Å². The number of likely N-dealkylation sites (N-methyl/N-ethyl adjacent to an activating group) is 1. The zero-order chi connectivity index (χ0) is 24.8. The van der Waals surface area contributed by atoms with Gasteiger partial charge in [-0.3, -0.25) is 4.90 Å². The van der Waals surface area contributed by atoms with E-state index in [0.29, 0.717) is 12.2 Å². The molecule has 0 aliphatic carbocycles. The zero-order valence-electron chi connectivity index (χ0n) is 20.1. The maximum atomic E-state index is 14.7. The largest absolute Gasteiger partial charge is 0.494 e. The van der Waals surface area contributed by atoms with Crippen LogP contribution in [0.1, 0.15) is 31.4 Å². The van der Waals surface area contributed by atoms with Crippen LogP contribution in [0.5, 0.6) is 11.8 Å². The number of likely N-dealkylation sites (tertiary alicyclic amines) is 1. The lowest BCUT2D eigenvalue weighted by Gasteiger charge is -2.30. The molecule has 0 radical (unpaired) electrons. The van der Waals surface area contributed by atoms with Crippen molar-refractivity contribution in [2.24, 2.45) is 5.73 Å². The van der Waals surface area contributed by atoms with E-state index in [-0.39, 0.29) is 36.2 Å². The van der Waals surface area contributed by atoms with Gasteiger partial charge in [0, 0.05) is 30.9 Å². The Morgan fingerprint density at radius 3 is 2.66 bits per heavy atom. The minimum absolute atomic E-state index is 0.00610. The van der Waals surface area contributed by atoms with Crippen molar-refractivity contribution in [3.63, 3.8) is 0 Å². The van der Waals surface area contributed by atoms with E-state index < -0.39 is 11.9 Å². The molecule has 186 valence electrons. The summed E-state index contributed by atoms with van der Waals surface area (Å²) in [6.45, 7) is 4.87. The van der Waals surface area contributed by atoms with Crippen LogP contribution in [0.4, 0.5) is 22.0 Å². The fourth-order valence-electron chi connectivity index (χ4n) is 4.44. The first-order valence-corrected chi connectivity index (χ1v) is 11.8. The number of nitrogen functional groups attached to an aromatic ring is 1. The van der Waals surface area contributed by atoms with Crippen LogP contribution in [0, 0.1) is 5.82 Å². The van der Waals surface area contributed by atoms with E-state index in [9.17, 15) is 4.39 Å². The Balaban J connectivity index is 1.69. The van der Waals surface area contributed by atoms with Gasteiger partial charge in [-0.25, -0.2) is 4.39 Å². The number of aromatic nitrogens is 3. The van der Waals surface area contributed by atoms with Gasteiger partial charge in [-0.05, 0) is 43.6 Å². The maximum absolute atomic E-state index is 14.7. The van der Waals surface area contributed by atoms with Gasteiger partial charge in [-0.2, -0.15) is 15.0 Å². The topological polar surface area (TPSA) is 116 Å². The molecule has 4 N–H and O–H groups in total. The van der Waals surface area contributed by atoms with Gasteiger partial charge >= 0.3 is 6.01 Å². The number of nitrogens with two attached hydrogens (primary N) is 2. The Hall–Kier alpha value is -3.50. The lowest BCUT2D eigenvalue weighted by molar-refractivity contribution is 0.195. The van der Waals surface area contributed by atoms with Crippen LogP contribution in [0.25, 0.3) is 0 Å². The molecular formula is C25H32FN7O2. The summed E-state index contributed by atoms with van der Waals surface area (Å²) < 4.78 is 25.8. The fraction of sp³-hybridized carbons (Fsp3) is 0.400. The molecule has 9 nitrogen and oxygen atoms in total. The number of hydrogen-bond acceptors (Lipinski definition) is 9. The summed E-state index contributed by atoms with van der Waals surface area (Å²) in [5.74, 6) is -0.0208. The number of rotatable bonds is 10. The van der Waals surface area contributed by atoms with Crippen LogP contribution in [0.2, 0.25) is 0 Å². The van der Waals surface area contributed by atoms with E-state index in [1.54, 1.807) is 12.1 Å². The smallest absolute Gasteiger partial charge is 0.323 e. The molecule has 0 spiro atoms. The van der Waals surface area contributed by atoms with Crippen molar-refractivity contribution in [1.82, 2.24) is 19.9 Å². The van der Waals surface area contributed by atoms with E-state index in [1.165, 1.54) is 13.2 Å². The second-order valence-electron chi connectivity index (χ2n) is 8.38. The van der Waals surface area contributed by atoms with E-state index in [0.717, 1.165) is 31.5 Å². The molecule has 2 atom stereocenters. The highest BCUT2D eigenvalue weighted by atomic mass is 19.1. The molecule has 0 amide bonds. The van der Waals surface area contributed by atoms with Crippen molar-refractivity contribution in [2.45, 2.75) is 31.9 Å². The molecular weight excluding hydrogens is 449 g/mol. The Bertz CT molecular complexity index is 1120. The monoisotopic (exact) mass is 481 g/mol. The Morgan fingerprint density at radius 2 is 1.97 bits per heavy atom. The summed E-state index contributed by atoms with van der Waals surface area (Å²) in [6, 6.07) is 14.7. The third-order valence-corrected chi connectivity index (χ3v) is 6.24. The third-order valence-electron chi connectivity index (χ3n) is 6.24. The predicted octanol–water partition coefficient (Wildman–Crippen LogP) is 3.30. The van der Waals surface area contributed by atoms with Crippen molar-refractivity contribution >= 4 is 17.6 Å². The second-order valence-corrected chi connectivity index (χ2v) is 8.38. The molecule has 10 heteroatoms. The van der Waals surface area contributed by atoms with Gasteiger partial charge < -0.3 is 25.8 Å². The van der Waals surface area contributed by atoms with Gasteiger partial charge in [-0.1, -0.05) is 37.3 Å². The molecule has 4 rings (SSSR count). The third kappa shape index (κ3) is 5.77. The second kappa shape index (κ2) is 11.3. The molecule has 2 unspecified atom stereocenters. The lowest BCUT2D eigenvalue weighted by Crippen LogP contribution is -2.39. The van der Waals surface area contributed by atoms with Gasteiger partial charge in [0.2, 0.25) is 11.9 Å². The van der Waals surface area contributed by atoms with Gasteiger partial charge in [-0.15, -0.1) is 0 Å². The van der Waals surface area contributed by atoms with Crippen molar-refractivity contribution < 1.29 is 13.9 Å². The van der Waals surface area contributed by atoms with Crippen molar-refractivity contribution in [1.29, 1.82) is 0 Å². The first kappa shape index (κ1) is 24.6. The van der Waals surface area contributed by atoms with E-state index in [1.807, 2.05) is 35.2 Å². The number of benzene rings is 2. The van der Waals surface area contributed by atoms with Crippen molar-refractivity contribution in [3.05, 3.63) is 59.9 Å². The van der Waals surface area contributed by atoms with Crippen LogP contribution >= 0.6 is 0 Å². The highest BCUT2D eigenvalue weighted by molar-refractivity contribution is 5.59. The number of methoxy groups -OCH3 is 1. The fourth-order valence-corrected chi connectivity index (χ4v) is 4.44.